The molecule has 0 aliphatic rings. The normalized spacial score (nSPS) is 11.5. The number of nitrogen functional groups attached to an aromatic ring is 1. The van der Waals surface area contributed by atoms with E-state index in [4.69, 9.17) is 10.8 Å². The van der Waals surface area contributed by atoms with Crippen molar-refractivity contribution in [3.05, 3.63) is 10.8 Å². The van der Waals surface area contributed by atoms with Gasteiger partial charge in [-0.05, 0) is 15.9 Å². The van der Waals surface area contributed by atoms with Gasteiger partial charge in [-0.3, -0.25) is 0 Å². The Hall–Kier alpha value is -0.880. The number of hydrogen-bond donors (Lipinski definition) is 3. The molecule has 6 heteroatoms. The summed E-state index contributed by atoms with van der Waals surface area (Å²) in [6, 6.07) is 0. The van der Waals surface area contributed by atoms with Crippen LogP contribution in [0.2, 0.25) is 0 Å². The zero-order valence-corrected chi connectivity index (χ0v) is 10.4. The Labute approximate surface area is 97.2 Å². The van der Waals surface area contributed by atoms with Crippen LogP contribution in [0, 0.1) is 5.41 Å². The molecular weight excluding hydrogens is 260 g/mol. The van der Waals surface area contributed by atoms with Crippen molar-refractivity contribution in [3.8, 4) is 0 Å². The zero-order chi connectivity index (χ0) is 11.5. The van der Waals surface area contributed by atoms with Crippen LogP contribution in [0.5, 0.6) is 0 Å². The van der Waals surface area contributed by atoms with Gasteiger partial charge in [-0.15, -0.1) is 0 Å². The van der Waals surface area contributed by atoms with Crippen molar-refractivity contribution in [2.24, 2.45) is 5.41 Å². The van der Waals surface area contributed by atoms with Gasteiger partial charge in [0.25, 0.3) is 0 Å². The Balaban J connectivity index is 2.70. The minimum absolute atomic E-state index is 0.109. The molecule has 0 fully saturated rings. The summed E-state index contributed by atoms with van der Waals surface area (Å²) in [5, 5.41) is 12.2. The summed E-state index contributed by atoms with van der Waals surface area (Å²) in [5.41, 5.74) is 5.41. The van der Waals surface area contributed by atoms with Crippen LogP contribution >= 0.6 is 15.9 Å². The molecule has 1 heterocycles. The van der Waals surface area contributed by atoms with E-state index in [0.717, 1.165) is 0 Å². The fourth-order valence-corrected chi connectivity index (χ4v) is 1.23. The number of aromatic nitrogens is 2. The van der Waals surface area contributed by atoms with Crippen molar-refractivity contribution in [1.29, 1.82) is 0 Å². The molecule has 15 heavy (non-hydrogen) atoms. The van der Waals surface area contributed by atoms with E-state index in [9.17, 15) is 0 Å². The van der Waals surface area contributed by atoms with Gasteiger partial charge in [-0.25, -0.2) is 9.97 Å². The van der Waals surface area contributed by atoms with E-state index in [1.165, 1.54) is 6.33 Å². The van der Waals surface area contributed by atoms with Crippen molar-refractivity contribution in [1.82, 2.24) is 9.97 Å². The van der Waals surface area contributed by atoms with Gasteiger partial charge in [0.15, 0.2) is 0 Å². The van der Waals surface area contributed by atoms with Gasteiger partial charge in [0, 0.05) is 18.6 Å². The summed E-state index contributed by atoms with van der Waals surface area (Å²) >= 11 is 3.29. The first-order valence-electron chi connectivity index (χ1n) is 4.57. The lowest BCUT2D eigenvalue weighted by Crippen LogP contribution is -2.27. The van der Waals surface area contributed by atoms with E-state index in [2.05, 4.69) is 31.2 Å². The van der Waals surface area contributed by atoms with Gasteiger partial charge in [0.05, 0.1) is 0 Å². The van der Waals surface area contributed by atoms with Crippen LogP contribution in [0.4, 0.5) is 11.6 Å². The molecule has 0 saturated heterocycles. The third-order valence-electron chi connectivity index (χ3n) is 1.98. The van der Waals surface area contributed by atoms with Crippen LogP contribution in [0.25, 0.3) is 0 Å². The van der Waals surface area contributed by atoms with Gasteiger partial charge >= 0.3 is 0 Å². The number of nitrogens with two attached hydrogens (primary N) is 1. The third kappa shape index (κ3) is 3.32. The average molecular weight is 275 g/mol. The molecule has 1 aromatic rings. The first-order chi connectivity index (χ1) is 6.96. The summed E-state index contributed by atoms with van der Waals surface area (Å²) in [7, 11) is 0. The molecule has 0 unspecified atom stereocenters. The smallest absolute Gasteiger partial charge is 0.145 e. The Morgan fingerprint density at radius 3 is 2.80 bits per heavy atom. The van der Waals surface area contributed by atoms with E-state index in [-0.39, 0.29) is 12.0 Å². The number of nitrogens with one attached hydrogen (secondary N) is 1. The molecule has 0 amide bonds. The molecule has 0 bridgehead atoms. The van der Waals surface area contributed by atoms with E-state index < -0.39 is 0 Å². The molecule has 0 aromatic carbocycles. The largest absolute Gasteiger partial charge is 0.396 e. The van der Waals surface area contributed by atoms with Crippen molar-refractivity contribution < 1.29 is 5.11 Å². The fourth-order valence-electron chi connectivity index (χ4n) is 0.886. The lowest BCUT2D eigenvalue weighted by atomic mass is 9.95. The third-order valence-corrected chi connectivity index (χ3v) is 2.76. The highest BCUT2D eigenvalue weighted by Gasteiger charge is 2.17. The molecule has 0 radical (unpaired) electrons. The number of hydrogen-bond acceptors (Lipinski definition) is 5. The van der Waals surface area contributed by atoms with Crippen molar-refractivity contribution in [2.45, 2.75) is 13.8 Å². The summed E-state index contributed by atoms with van der Waals surface area (Å²) in [4.78, 5) is 7.88. The molecule has 84 valence electrons. The van der Waals surface area contributed by atoms with Gasteiger partial charge in [0.2, 0.25) is 0 Å². The van der Waals surface area contributed by atoms with E-state index in [1.807, 2.05) is 13.8 Å². The quantitative estimate of drug-likeness (QED) is 0.770. The molecule has 0 aliphatic carbocycles. The summed E-state index contributed by atoms with van der Waals surface area (Å²) in [6.45, 7) is 4.63. The molecule has 0 saturated carbocycles. The molecule has 0 spiro atoms. The number of halogens is 1. The lowest BCUT2D eigenvalue weighted by Gasteiger charge is -2.22. The van der Waals surface area contributed by atoms with Crippen LogP contribution in [0.1, 0.15) is 13.8 Å². The minimum atomic E-state index is -0.195. The van der Waals surface area contributed by atoms with Gasteiger partial charge in [-0.2, -0.15) is 0 Å². The van der Waals surface area contributed by atoms with Crippen LogP contribution in [0.3, 0.4) is 0 Å². The van der Waals surface area contributed by atoms with Crippen molar-refractivity contribution >= 4 is 27.6 Å². The van der Waals surface area contributed by atoms with Gasteiger partial charge in [-0.1, -0.05) is 13.8 Å². The first kappa shape index (κ1) is 12.2. The van der Waals surface area contributed by atoms with Gasteiger partial charge in [0.1, 0.15) is 22.4 Å². The maximum atomic E-state index is 9.09. The number of aliphatic hydroxyl groups excluding tert-OH is 1. The SMILES string of the molecule is CC(C)(CO)CNc1ncnc(N)c1Br. The predicted molar refractivity (Wildman–Crippen MR) is 63.5 cm³/mol. The predicted octanol–water partition coefficient (Wildman–Crippen LogP) is 1.25. The van der Waals surface area contributed by atoms with Gasteiger partial charge < -0.3 is 16.2 Å². The standard InChI is InChI=1S/C9H15BrN4O/c1-9(2,4-15)3-12-8-6(10)7(11)13-5-14-8/h5,15H,3-4H2,1-2H3,(H3,11,12,13,14). The highest BCUT2D eigenvalue weighted by molar-refractivity contribution is 9.10. The Bertz CT molecular complexity index is 343. The molecule has 5 nitrogen and oxygen atoms in total. The van der Waals surface area contributed by atoms with Crippen LogP contribution in [-0.4, -0.2) is 28.2 Å². The highest BCUT2D eigenvalue weighted by atomic mass is 79.9. The molecule has 0 aliphatic heterocycles. The maximum absolute atomic E-state index is 9.09. The second kappa shape index (κ2) is 4.76. The van der Waals surface area contributed by atoms with E-state index in [0.29, 0.717) is 22.7 Å². The Morgan fingerprint density at radius 2 is 2.20 bits per heavy atom. The number of rotatable bonds is 4. The summed E-state index contributed by atoms with van der Waals surface area (Å²) < 4.78 is 0.652. The minimum Gasteiger partial charge on any atom is -0.396 e. The summed E-state index contributed by atoms with van der Waals surface area (Å²) in [6.07, 6.45) is 1.40. The van der Waals surface area contributed by atoms with Crippen molar-refractivity contribution in [3.63, 3.8) is 0 Å². The molecular formula is C9H15BrN4O. The second-order valence-corrected chi connectivity index (χ2v) is 4.89. The Morgan fingerprint density at radius 1 is 1.53 bits per heavy atom. The molecule has 0 atom stereocenters. The average Bonchev–Trinajstić information content (AvgIpc) is 2.20. The molecule has 1 rings (SSSR count). The second-order valence-electron chi connectivity index (χ2n) is 4.10. The van der Waals surface area contributed by atoms with Crippen LogP contribution in [0.15, 0.2) is 10.8 Å². The molecule has 1 aromatic heterocycles. The maximum Gasteiger partial charge on any atom is 0.145 e. The van der Waals surface area contributed by atoms with Crippen molar-refractivity contribution in [2.75, 3.05) is 24.2 Å². The highest BCUT2D eigenvalue weighted by Crippen LogP contribution is 2.25. The lowest BCUT2D eigenvalue weighted by molar-refractivity contribution is 0.170. The fraction of sp³-hybridized carbons (Fsp3) is 0.556. The summed E-state index contributed by atoms with van der Waals surface area (Å²) in [5.74, 6) is 1.04. The number of aliphatic hydroxyl groups is 1. The molecule has 4 N–H and O–H groups in total. The zero-order valence-electron chi connectivity index (χ0n) is 8.79. The van der Waals surface area contributed by atoms with E-state index in [1.54, 1.807) is 0 Å². The number of anilines is 2. The first-order valence-corrected chi connectivity index (χ1v) is 5.36. The van der Waals surface area contributed by atoms with Crippen LogP contribution in [-0.2, 0) is 0 Å². The number of nitrogens with zero attached hydrogens (tertiary/aromatic N) is 2. The van der Waals surface area contributed by atoms with Crippen LogP contribution < -0.4 is 11.1 Å². The monoisotopic (exact) mass is 274 g/mol. The van der Waals surface area contributed by atoms with E-state index >= 15 is 0 Å². The topological polar surface area (TPSA) is 84.1 Å². The Kier molecular flexibility index (Phi) is 3.87.